The van der Waals surface area contributed by atoms with Crippen LogP contribution in [0.5, 0.6) is 0 Å². The summed E-state index contributed by atoms with van der Waals surface area (Å²) in [5, 5.41) is 4.69. The SMILES string of the molecule is Cc1ncc(C)n2nc([C@H](C)Cc3nc(-c4ccccc4)cn3C)nc12. The van der Waals surface area contributed by atoms with Gasteiger partial charge in [0.25, 0.3) is 0 Å². The molecule has 0 aliphatic heterocycles. The highest BCUT2D eigenvalue weighted by Crippen LogP contribution is 2.22. The van der Waals surface area contributed by atoms with E-state index < -0.39 is 0 Å². The Morgan fingerprint density at radius 1 is 1.08 bits per heavy atom. The van der Waals surface area contributed by atoms with Crippen LogP contribution in [-0.2, 0) is 13.5 Å². The summed E-state index contributed by atoms with van der Waals surface area (Å²) in [7, 11) is 2.04. The zero-order valence-corrected chi connectivity index (χ0v) is 15.5. The average Bonchev–Trinajstić information content (AvgIpc) is 3.25. The molecule has 0 aliphatic rings. The fourth-order valence-corrected chi connectivity index (χ4v) is 3.13. The lowest BCUT2D eigenvalue weighted by atomic mass is 10.1. The minimum atomic E-state index is 0.165. The summed E-state index contributed by atoms with van der Waals surface area (Å²) in [6.07, 6.45) is 4.69. The summed E-state index contributed by atoms with van der Waals surface area (Å²) >= 11 is 0. The number of rotatable bonds is 4. The predicted molar refractivity (Wildman–Crippen MR) is 101 cm³/mol. The molecule has 0 saturated heterocycles. The van der Waals surface area contributed by atoms with Crippen molar-refractivity contribution in [2.24, 2.45) is 7.05 Å². The van der Waals surface area contributed by atoms with Crippen molar-refractivity contribution < 1.29 is 0 Å². The second-order valence-electron chi connectivity index (χ2n) is 6.81. The van der Waals surface area contributed by atoms with Gasteiger partial charge in [-0.05, 0) is 13.8 Å². The summed E-state index contributed by atoms with van der Waals surface area (Å²) < 4.78 is 3.97. The Morgan fingerprint density at radius 3 is 2.58 bits per heavy atom. The van der Waals surface area contributed by atoms with Gasteiger partial charge in [-0.1, -0.05) is 37.3 Å². The molecule has 26 heavy (non-hydrogen) atoms. The lowest BCUT2D eigenvalue weighted by molar-refractivity contribution is 0.645. The maximum absolute atomic E-state index is 4.82. The van der Waals surface area contributed by atoms with Crippen molar-refractivity contribution in [1.82, 2.24) is 29.1 Å². The Labute approximate surface area is 152 Å². The van der Waals surface area contributed by atoms with E-state index >= 15 is 0 Å². The van der Waals surface area contributed by atoms with Gasteiger partial charge in [-0.25, -0.2) is 14.5 Å². The molecule has 3 aromatic heterocycles. The summed E-state index contributed by atoms with van der Waals surface area (Å²) in [6.45, 7) is 6.10. The largest absolute Gasteiger partial charge is 0.337 e. The smallest absolute Gasteiger partial charge is 0.177 e. The first kappa shape index (κ1) is 16.4. The van der Waals surface area contributed by atoms with Gasteiger partial charge in [-0.15, -0.1) is 0 Å². The molecule has 4 aromatic rings. The molecule has 0 spiro atoms. The third kappa shape index (κ3) is 2.87. The fraction of sp³-hybridized carbons (Fsp3) is 0.300. The number of hydrogen-bond acceptors (Lipinski definition) is 4. The van der Waals surface area contributed by atoms with Crippen LogP contribution in [0, 0.1) is 13.8 Å². The highest BCUT2D eigenvalue weighted by molar-refractivity contribution is 5.58. The first-order valence-corrected chi connectivity index (χ1v) is 8.79. The molecule has 0 radical (unpaired) electrons. The van der Waals surface area contributed by atoms with Crippen molar-refractivity contribution in [2.75, 3.05) is 0 Å². The number of aryl methyl sites for hydroxylation is 3. The lowest BCUT2D eigenvalue weighted by Crippen LogP contribution is -2.06. The van der Waals surface area contributed by atoms with Gasteiger partial charge >= 0.3 is 0 Å². The molecule has 1 atom stereocenters. The van der Waals surface area contributed by atoms with Crippen molar-refractivity contribution in [3.05, 3.63) is 65.8 Å². The molecule has 0 saturated carbocycles. The van der Waals surface area contributed by atoms with Crippen LogP contribution < -0.4 is 0 Å². The quantitative estimate of drug-likeness (QED) is 0.567. The predicted octanol–water partition coefficient (Wildman–Crippen LogP) is 3.49. The van der Waals surface area contributed by atoms with E-state index in [4.69, 9.17) is 15.1 Å². The van der Waals surface area contributed by atoms with Crippen molar-refractivity contribution in [3.8, 4) is 11.3 Å². The van der Waals surface area contributed by atoms with E-state index in [1.165, 1.54) is 0 Å². The van der Waals surface area contributed by atoms with Gasteiger partial charge in [0.15, 0.2) is 11.5 Å². The fourth-order valence-electron chi connectivity index (χ4n) is 3.13. The van der Waals surface area contributed by atoms with Crippen LogP contribution in [0.4, 0.5) is 0 Å². The maximum atomic E-state index is 4.82. The monoisotopic (exact) mass is 346 g/mol. The first-order chi connectivity index (χ1) is 12.5. The molecule has 0 N–H and O–H groups in total. The maximum Gasteiger partial charge on any atom is 0.177 e. The number of aromatic nitrogens is 6. The Hall–Kier alpha value is -3.02. The third-order valence-corrected chi connectivity index (χ3v) is 4.70. The van der Waals surface area contributed by atoms with Gasteiger partial charge in [-0.2, -0.15) is 5.10 Å². The molecular formula is C20H22N6. The molecule has 4 rings (SSSR count). The standard InChI is InChI=1S/C20H22N6/c1-13(19-23-20-15(3)21-11-14(2)26(20)24-19)10-18-22-17(12-25(18)4)16-8-6-5-7-9-16/h5-9,11-13H,10H2,1-4H3/t13-/m1/s1. The molecule has 132 valence electrons. The highest BCUT2D eigenvalue weighted by Gasteiger charge is 2.18. The van der Waals surface area contributed by atoms with Crippen molar-refractivity contribution in [2.45, 2.75) is 33.1 Å². The van der Waals surface area contributed by atoms with Crippen LogP contribution in [0.1, 0.15) is 35.9 Å². The zero-order chi connectivity index (χ0) is 18.3. The molecule has 0 unspecified atom stereocenters. The van der Waals surface area contributed by atoms with Crippen molar-refractivity contribution in [3.63, 3.8) is 0 Å². The molecule has 1 aromatic carbocycles. The van der Waals surface area contributed by atoms with E-state index in [0.717, 1.165) is 46.4 Å². The number of imidazole rings is 1. The van der Waals surface area contributed by atoms with Gasteiger partial charge in [0.1, 0.15) is 5.82 Å². The highest BCUT2D eigenvalue weighted by atomic mass is 15.3. The Balaban J connectivity index is 1.63. The van der Waals surface area contributed by atoms with Crippen LogP contribution in [0.2, 0.25) is 0 Å². The average molecular weight is 346 g/mol. The van der Waals surface area contributed by atoms with E-state index in [0.29, 0.717) is 0 Å². The van der Waals surface area contributed by atoms with Crippen LogP contribution in [-0.4, -0.2) is 29.1 Å². The van der Waals surface area contributed by atoms with Crippen LogP contribution in [0.3, 0.4) is 0 Å². The lowest BCUT2D eigenvalue weighted by Gasteiger charge is -2.06. The number of nitrogens with zero attached hydrogens (tertiary/aromatic N) is 6. The summed E-state index contributed by atoms with van der Waals surface area (Å²) in [4.78, 5) is 13.9. The molecule has 6 heteroatoms. The normalized spacial score (nSPS) is 12.6. The molecule has 0 aliphatic carbocycles. The minimum absolute atomic E-state index is 0.165. The van der Waals surface area contributed by atoms with E-state index in [-0.39, 0.29) is 5.92 Å². The second kappa shape index (κ2) is 6.37. The summed E-state index contributed by atoms with van der Waals surface area (Å²) in [6, 6.07) is 10.2. The third-order valence-electron chi connectivity index (χ3n) is 4.70. The summed E-state index contributed by atoms with van der Waals surface area (Å²) in [5.41, 5.74) is 4.83. The van der Waals surface area contributed by atoms with E-state index in [2.05, 4.69) is 34.8 Å². The Kier molecular flexibility index (Phi) is 4.03. The van der Waals surface area contributed by atoms with Gasteiger partial charge in [0.05, 0.1) is 17.1 Å². The van der Waals surface area contributed by atoms with Crippen molar-refractivity contribution in [1.29, 1.82) is 0 Å². The van der Waals surface area contributed by atoms with Crippen LogP contribution in [0.15, 0.2) is 42.7 Å². The molecule has 3 heterocycles. The molecule has 0 amide bonds. The zero-order valence-electron chi connectivity index (χ0n) is 15.5. The van der Waals surface area contributed by atoms with Crippen LogP contribution >= 0.6 is 0 Å². The molecule has 0 bridgehead atoms. The van der Waals surface area contributed by atoms with E-state index in [1.54, 1.807) is 0 Å². The Morgan fingerprint density at radius 2 is 1.85 bits per heavy atom. The minimum Gasteiger partial charge on any atom is -0.337 e. The van der Waals surface area contributed by atoms with Crippen LogP contribution in [0.25, 0.3) is 16.9 Å². The van der Waals surface area contributed by atoms with Gasteiger partial charge in [-0.3, -0.25) is 4.98 Å². The van der Waals surface area contributed by atoms with Crippen molar-refractivity contribution >= 4 is 5.65 Å². The topological polar surface area (TPSA) is 60.9 Å². The molecular weight excluding hydrogens is 324 g/mol. The van der Waals surface area contributed by atoms with E-state index in [9.17, 15) is 0 Å². The second-order valence-corrected chi connectivity index (χ2v) is 6.81. The first-order valence-electron chi connectivity index (χ1n) is 8.79. The van der Waals surface area contributed by atoms with Gasteiger partial charge in [0.2, 0.25) is 0 Å². The van der Waals surface area contributed by atoms with Gasteiger partial charge in [0, 0.05) is 37.3 Å². The molecule has 0 fully saturated rings. The van der Waals surface area contributed by atoms with E-state index in [1.807, 2.05) is 49.8 Å². The number of fused-ring (bicyclic) bond motifs is 1. The Bertz CT molecular complexity index is 1020. The number of hydrogen-bond donors (Lipinski definition) is 0. The molecule has 6 nitrogen and oxygen atoms in total. The number of benzene rings is 1. The summed E-state index contributed by atoms with van der Waals surface area (Å²) in [5.74, 6) is 2.02. The van der Waals surface area contributed by atoms with Gasteiger partial charge < -0.3 is 4.57 Å².